The maximum absolute atomic E-state index is 15.7. The van der Waals surface area contributed by atoms with Crippen molar-refractivity contribution in [3.63, 3.8) is 0 Å². The highest BCUT2D eigenvalue weighted by Gasteiger charge is 2.80. The van der Waals surface area contributed by atoms with Gasteiger partial charge in [-0.05, 0) is 11.8 Å². The van der Waals surface area contributed by atoms with E-state index in [-0.39, 0.29) is 29.4 Å². The molecule has 2 unspecified atom stereocenters. The van der Waals surface area contributed by atoms with Crippen molar-refractivity contribution in [2.75, 3.05) is 18.1 Å². The van der Waals surface area contributed by atoms with E-state index >= 15 is 4.39 Å². The molecule has 1 saturated carbocycles. The molecule has 2 aliphatic heterocycles. The Hall–Kier alpha value is -3.20. The minimum atomic E-state index is -4.24. The van der Waals surface area contributed by atoms with E-state index in [1.165, 1.54) is 17.2 Å². The second-order valence-corrected chi connectivity index (χ2v) is 12.6. The summed E-state index contributed by atoms with van der Waals surface area (Å²) in [7, 11) is 0. The number of aromatic amines is 1. The first-order valence-electron chi connectivity index (χ1n) is 12.1. The van der Waals surface area contributed by atoms with Gasteiger partial charge in [0.05, 0.1) is 25.4 Å². The lowest BCUT2D eigenvalue weighted by atomic mass is 10.2. The zero-order chi connectivity index (χ0) is 28.8. The van der Waals surface area contributed by atoms with Gasteiger partial charge in [0.2, 0.25) is 5.95 Å². The Morgan fingerprint density at radius 1 is 1.17 bits per heavy atom. The van der Waals surface area contributed by atoms with Crippen molar-refractivity contribution >= 4 is 52.6 Å². The Morgan fingerprint density at radius 3 is 2.73 bits per heavy atom. The molecule has 7 rings (SSSR count). The fourth-order valence-corrected chi connectivity index (χ4v) is 6.62. The molecule has 0 amide bonds. The molecule has 3 aliphatic rings. The summed E-state index contributed by atoms with van der Waals surface area (Å²) in [5.74, 6) is -0.0357. The number of aliphatic hydroxyl groups excluding tert-OH is 2. The van der Waals surface area contributed by atoms with Crippen LogP contribution in [0.15, 0.2) is 23.8 Å². The van der Waals surface area contributed by atoms with Crippen LogP contribution in [0.1, 0.15) is 18.9 Å². The number of rotatable bonds is 7. The molecule has 9 atom stereocenters. The average Bonchev–Trinajstić information content (AvgIpc) is 3.49. The molecule has 0 spiro atoms. The van der Waals surface area contributed by atoms with E-state index in [9.17, 15) is 19.9 Å². The number of fused-ring (bicyclic) bond motifs is 3. The molecule has 4 aromatic heterocycles. The Bertz CT molecular complexity index is 1790. The van der Waals surface area contributed by atoms with E-state index in [1.54, 1.807) is 4.57 Å². The van der Waals surface area contributed by atoms with Gasteiger partial charge >= 0.3 is 6.72 Å². The van der Waals surface area contributed by atoms with E-state index in [0.29, 0.717) is 11.2 Å². The van der Waals surface area contributed by atoms with Gasteiger partial charge in [-0.15, -0.1) is 0 Å². The van der Waals surface area contributed by atoms with Crippen LogP contribution in [0.4, 0.5) is 16.2 Å². The average molecular weight is 612 g/mol. The first-order chi connectivity index (χ1) is 19.5. The largest absolute Gasteiger partial charge is 0.390 e. The number of halogens is 1. The van der Waals surface area contributed by atoms with Crippen LogP contribution in [0.25, 0.3) is 22.3 Å². The Kier molecular flexibility index (Phi) is 5.95. The minimum Gasteiger partial charge on any atom is -0.390 e. The number of hydrogen-bond donors (Lipinski definition) is 6. The van der Waals surface area contributed by atoms with Crippen LogP contribution in [-0.4, -0.2) is 96.9 Å². The van der Waals surface area contributed by atoms with E-state index in [4.69, 9.17) is 41.8 Å². The topological polar surface area (TPSA) is 257 Å². The van der Waals surface area contributed by atoms with Crippen LogP contribution in [0, 0.1) is 0 Å². The van der Waals surface area contributed by atoms with Crippen molar-refractivity contribution in [3.8, 4) is 0 Å². The minimum absolute atomic E-state index is 0.0380. The number of aromatic nitrogens is 8. The Balaban J connectivity index is 1.08. The molecule has 4 aromatic rings. The third kappa shape index (κ3) is 4.14. The van der Waals surface area contributed by atoms with E-state index < -0.39 is 67.5 Å². The lowest BCUT2D eigenvalue weighted by molar-refractivity contribution is -0.0793. The predicted octanol–water partition coefficient (Wildman–Crippen LogP) is -1.63. The van der Waals surface area contributed by atoms with Crippen LogP contribution in [0.3, 0.4) is 0 Å². The summed E-state index contributed by atoms with van der Waals surface area (Å²) >= 11 is 5.14. The second kappa shape index (κ2) is 9.15. The van der Waals surface area contributed by atoms with Crippen molar-refractivity contribution in [1.82, 2.24) is 39.0 Å². The van der Waals surface area contributed by atoms with Crippen molar-refractivity contribution in [2.45, 2.75) is 55.1 Å². The molecule has 6 heterocycles. The summed E-state index contributed by atoms with van der Waals surface area (Å²) in [5, 5.41) is 20.7. The number of imidazole rings is 2. The zero-order valence-electron chi connectivity index (χ0n) is 20.6. The Morgan fingerprint density at radius 2 is 1.93 bits per heavy atom. The summed E-state index contributed by atoms with van der Waals surface area (Å²) in [5.41, 5.74) is 9.03. The first-order valence-corrected chi connectivity index (χ1v) is 14.7. The number of H-pyrrole nitrogens is 1. The first kappa shape index (κ1) is 26.7. The van der Waals surface area contributed by atoms with Gasteiger partial charge in [0.25, 0.3) is 5.56 Å². The highest BCUT2D eigenvalue weighted by Crippen LogP contribution is 2.62. The molecule has 0 radical (unpaired) electrons. The summed E-state index contributed by atoms with van der Waals surface area (Å²) in [6.45, 7) is -4.65. The number of nitrogens with two attached hydrogens (primary N) is 2. The van der Waals surface area contributed by atoms with Gasteiger partial charge in [0.1, 0.15) is 36.4 Å². The van der Waals surface area contributed by atoms with Gasteiger partial charge in [-0.3, -0.25) is 23.4 Å². The van der Waals surface area contributed by atoms with Crippen molar-refractivity contribution in [2.24, 2.45) is 0 Å². The molecule has 8 N–H and O–H groups in total. The lowest BCUT2D eigenvalue weighted by Crippen LogP contribution is -2.36. The Labute approximate surface area is 232 Å². The van der Waals surface area contributed by atoms with E-state index in [0.717, 1.165) is 6.33 Å². The highest BCUT2D eigenvalue weighted by atomic mass is 32.5. The number of anilines is 2. The lowest BCUT2D eigenvalue weighted by Gasteiger charge is -2.29. The molecule has 3 fully saturated rings. The standard InChI is InChI=1S/C20H22FN10O8PS/c21-20-11(33)12(20)38-18(31-5-27-10-16(31)28-19(23)29-17(10)34)13(20)39-40(35,41)36-2-7-6(32)1-8(37-7)30-4-26-9-14(22)24-3-25-15(9)30/h3-8,11-13,18,32-33H,1-2H2,(H,35,41)(H2,22,24,25)(H3,23,28,29,34)/t6-,7+,8+,11?,12+,13-,18+,20+,40?/m0/s1. The zero-order valence-corrected chi connectivity index (χ0v) is 22.3. The quantitative estimate of drug-likeness (QED) is 0.128. The van der Waals surface area contributed by atoms with Crippen LogP contribution in [-0.2, 0) is 30.3 Å². The van der Waals surface area contributed by atoms with Crippen LogP contribution in [0.5, 0.6) is 0 Å². The SMILES string of the molecule is Nc1nc2c(ncn2[C@@H]2O[C@@H]3C(O)[C@]3(F)[C@H]2OP(O)(=S)OC[C@H]2O[C@@H](n3cnc4c(N)ncnc43)C[C@@H]2O)c(=O)[nH]1. The van der Waals surface area contributed by atoms with E-state index in [2.05, 4.69) is 29.9 Å². The second-order valence-electron chi connectivity index (χ2n) is 9.80. The third-order valence-corrected chi connectivity index (χ3v) is 8.87. The number of aliphatic hydroxyl groups is 2. The molecule has 0 aromatic carbocycles. The molecule has 18 nitrogen and oxygen atoms in total. The van der Waals surface area contributed by atoms with Gasteiger partial charge in [-0.2, -0.15) is 4.98 Å². The summed E-state index contributed by atoms with van der Waals surface area (Å²) in [4.78, 5) is 45.6. The van der Waals surface area contributed by atoms with Gasteiger partial charge in [0, 0.05) is 6.42 Å². The van der Waals surface area contributed by atoms with E-state index in [1.807, 2.05) is 0 Å². The fourth-order valence-electron chi connectivity index (χ4n) is 5.21. The number of nitrogens with one attached hydrogen (secondary N) is 1. The van der Waals surface area contributed by atoms with Crippen molar-refractivity contribution < 1.29 is 38.0 Å². The van der Waals surface area contributed by atoms with Crippen molar-refractivity contribution in [3.05, 3.63) is 29.3 Å². The van der Waals surface area contributed by atoms with Crippen LogP contribution >= 0.6 is 6.72 Å². The molecule has 1 aliphatic carbocycles. The fraction of sp³-hybridized carbons (Fsp3) is 0.500. The van der Waals surface area contributed by atoms with Crippen LogP contribution < -0.4 is 17.0 Å². The van der Waals surface area contributed by atoms with Gasteiger partial charge < -0.3 is 40.6 Å². The molecule has 218 valence electrons. The number of ether oxygens (including phenoxy) is 2. The summed E-state index contributed by atoms with van der Waals surface area (Å²) in [6.07, 6.45) is -4.56. The number of alkyl halides is 1. The molecular formula is C20H22FN10O8PS. The monoisotopic (exact) mass is 612 g/mol. The molecule has 21 heteroatoms. The highest BCUT2D eigenvalue weighted by molar-refractivity contribution is 8.07. The normalized spacial score (nSPS) is 34.3. The molecule has 41 heavy (non-hydrogen) atoms. The molecule has 0 bridgehead atoms. The number of hydrogen-bond acceptors (Lipinski definition) is 15. The number of nitrogen functional groups attached to an aromatic ring is 2. The third-order valence-electron chi connectivity index (χ3n) is 7.32. The molecule has 2 saturated heterocycles. The summed E-state index contributed by atoms with van der Waals surface area (Å²) in [6, 6.07) is 0. The van der Waals surface area contributed by atoms with Crippen LogP contribution in [0.2, 0.25) is 0 Å². The maximum atomic E-state index is 15.7. The smallest absolute Gasteiger partial charge is 0.325 e. The maximum Gasteiger partial charge on any atom is 0.325 e. The van der Waals surface area contributed by atoms with Gasteiger partial charge in [-0.25, -0.2) is 24.3 Å². The van der Waals surface area contributed by atoms with Crippen molar-refractivity contribution in [1.29, 1.82) is 0 Å². The predicted molar refractivity (Wildman–Crippen MR) is 138 cm³/mol. The van der Waals surface area contributed by atoms with Gasteiger partial charge in [0.15, 0.2) is 40.6 Å². The molecular weight excluding hydrogens is 590 g/mol. The summed E-state index contributed by atoms with van der Waals surface area (Å²) < 4.78 is 41.0. The number of nitrogens with zero attached hydrogens (tertiary/aromatic N) is 7. The van der Waals surface area contributed by atoms with Gasteiger partial charge in [-0.1, -0.05) is 0 Å².